The molecule has 0 aliphatic heterocycles. The summed E-state index contributed by atoms with van der Waals surface area (Å²) in [6.07, 6.45) is -1.87. The van der Waals surface area contributed by atoms with E-state index in [1.54, 1.807) is 60.7 Å². The first kappa shape index (κ1) is 29.1. The Kier molecular flexibility index (Phi) is 9.22. The van der Waals surface area contributed by atoms with Crippen LogP contribution in [0.4, 0.5) is 21.0 Å². The fourth-order valence-electron chi connectivity index (χ4n) is 3.31. The van der Waals surface area contributed by atoms with Crippen molar-refractivity contribution < 1.29 is 40.6 Å². The summed E-state index contributed by atoms with van der Waals surface area (Å²) in [4.78, 5) is 24.2. The first-order valence-electron chi connectivity index (χ1n) is 11.9. The Morgan fingerprint density at radius 2 is 0.854 bits per heavy atom. The van der Waals surface area contributed by atoms with Gasteiger partial charge in [0.2, 0.25) is 19.7 Å². The van der Waals surface area contributed by atoms with Crippen LogP contribution < -0.4 is 15.4 Å². The van der Waals surface area contributed by atoms with Gasteiger partial charge in [0.05, 0.1) is 9.79 Å². The lowest BCUT2D eigenvalue weighted by Crippen LogP contribution is -2.19. The number of amides is 2. The maximum atomic E-state index is 12.2. The van der Waals surface area contributed by atoms with Gasteiger partial charge in [-0.2, -0.15) is 0 Å². The van der Waals surface area contributed by atoms with Gasteiger partial charge < -0.3 is 14.2 Å². The van der Waals surface area contributed by atoms with E-state index in [4.69, 9.17) is 14.2 Å². The van der Waals surface area contributed by atoms with Gasteiger partial charge >= 0.3 is 12.2 Å². The van der Waals surface area contributed by atoms with Crippen molar-refractivity contribution in [2.45, 2.75) is 9.79 Å². The van der Waals surface area contributed by atoms with E-state index in [-0.39, 0.29) is 9.79 Å². The summed E-state index contributed by atoms with van der Waals surface area (Å²) >= 11 is 0. The summed E-state index contributed by atoms with van der Waals surface area (Å²) in [7, 11) is -7.55. The molecule has 4 aromatic rings. The summed E-state index contributed by atoms with van der Waals surface area (Å²) in [5.74, 6) is -0.748. The van der Waals surface area contributed by atoms with Crippen LogP contribution in [0.1, 0.15) is 0 Å². The number of sulfone groups is 2. The monoisotopic (exact) mass is 596 g/mol. The first-order chi connectivity index (χ1) is 19.6. The zero-order valence-electron chi connectivity index (χ0n) is 21.3. The highest BCUT2D eigenvalue weighted by Crippen LogP contribution is 2.25. The number of benzene rings is 4. The number of carbonyl (C=O) groups is 2. The number of hydrogen-bond donors (Lipinski definition) is 2. The summed E-state index contributed by atoms with van der Waals surface area (Å²) in [5.41, 5.74) is 0.707. The fraction of sp³-hybridized carbons (Fsp3) is 0.0714. The molecule has 41 heavy (non-hydrogen) atoms. The Labute approximate surface area is 236 Å². The Morgan fingerprint density at radius 3 is 1.20 bits per heavy atom. The van der Waals surface area contributed by atoms with Gasteiger partial charge in [0.25, 0.3) is 0 Å². The molecule has 0 saturated heterocycles. The standard InChI is InChI=1S/C28H24N2O9S2/c31-27(37-19-40(33,34)25-7-3-1-4-8-25)29-21-11-15-23(16-12-21)39-24-17-13-22(14-18-24)30-28(32)38-20-41(35,36)26-9-5-2-6-10-26/h1-18H,19-20H2,(H,29,31)(H,30,32). The molecule has 4 rings (SSSR count). The Hall–Kier alpha value is -4.88. The number of nitrogens with one attached hydrogen (secondary N) is 2. The average Bonchev–Trinajstić information content (AvgIpc) is 2.98. The van der Waals surface area contributed by atoms with Gasteiger partial charge in [0.15, 0.2) is 11.9 Å². The topological polar surface area (TPSA) is 154 Å². The largest absolute Gasteiger partial charge is 0.457 e. The van der Waals surface area contributed by atoms with Crippen LogP contribution in [0.15, 0.2) is 119 Å². The van der Waals surface area contributed by atoms with Crippen molar-refractivity contribution in [2.24, 2.45) is 0 Å². The summed E-state index contributed by atoms with van der Waals surface area (Å²) in [6, 6.07) is 27.8. The summed E-state index contributed by atoms with van der Waals surface area (Å²) < 4.78 is 64.3. The number of anilines is 2. The quantitative estimate of drug-likeness (QED) is 0.244. The lowest BCUT2D eigenvalue weighted by Gasteiger charge is -2.10. The van der Waals surface area contributed by atoms with Crippen molar-refractivity contribution in [1.82, 2.24) is 0 Å². The Morgan fingerprint density at radius 1 is 0.512 bits per heavy atom. The normalized spacial score (nSPS) is 11.2. The van der Waals surface area contributed by atoms with Crippen LogP contribution in [0.5, 0.6) is 11.5 Å². The molecule has 0 saturated carbocycles. The van der Waals surface area contributed by atoms with E-state index in [9.17, 15) is 26.4 Å². The molecule has 212 valence electrons. The second-order valence-electron chi connectivity index (χ2n) is 8.36. The van der Waals surface area contributed by atoms with Crippen molar-refractivity contribution in [3.63, 3.8) is 0 Å². The minimum atomic E-state index is -3.78. The van der Waals surface area contributed by atoms with Crippen LogP contribution in [0.3, 0.4) is 0 Å². The van der Waals surface area contributed by atoms with Crippen LogP contribution in [0, 0.1) is 0 Å². The van der Waals surface area contributed by atoms with Crippen LogP contribution >= 0.6 is 0 Å². The van der Waals surface area contributed by atoms with Crippen molar-refractivity contribution in [1.29, 1.82) is 0 Å². The molecular formula is C28H24N2O9S2. The smallest absolute Gasteiger partial charge is 0.412 e. The predicted octanol–water partition coefficient (Wildman–Crippen LogP) is 5.44. The van der Waals surface area contributed by atoms with Gasteiger partial charge in [0, 0.05) is 11.4 Å². The van der Waals surface area contributed by atoms with Crippen LogP contribution in [0.25, 0.3) is 0 Å². The second kappa shape index (κ2) is 13.0. The molecule has 0 bridgehead atoms. The van der Waals surface area contributed by atoms with Crippen molar-refractivity contribution in [3.8, 4) is 11.5 Å². The molecular weight excluding hydrogens is 572 g/mol. The molecule has 0 unspecified atom stereocenters. The highest BCUT2D eigenvalue weighted by Gasteiger charge is 2.18. The van der Waals surface area contributed by atoms with Gasteiger partial charge in [-0.25, -0.2) is 26.4 Å². The van der Waals surface area contributed by atoms with Crippen LogP contribution in [-0.4, -0.2) is 40.9 Å². The summed E-state index contributed by atoms with van der Waals surface area (Å²) in [6.45, 7) is 0. The first-order valence-corrected chi connectivity index (χ1v) is 15.2. The third-order valence-corrected chi connectivity index (χ3v) is 8.17. The Balaban J connectivity index is 1.23. The van der Waals surface area contributed by atoms with E-state index in [0.29, 0.717) is 22.9 Å². The molecule has 0 radical (unpaired) electrons. The molecule has 2 amide bonds. The lowest BCUT2D eigenvalue weighted by molar-refractivity contribution is 0.178. The maximum Gasteiger partial charge on any atom is 0.412 e. The molecule has 0 aromatic heterocycles. The summed E-state index contributed by atoms with van der Waals surface area (Å²) in [5, 5.41) is 4.88. The molecule has 0 heterocycles. The van der Waals surface area contributed by atoms with Gasteiger partial charge in [-0.05, 0) is 72.8 Å². The average molecular weight is 597 g/mol. The highest BCUT2D eigenvalue weighted by atomic mass is 32.2. The molecule has 0 fully saturated rings. The van der Waals surface area contributed by atoms with Gasteiger partial charge in [0.1, 0.15) is 11.5 Å². The third kappa shape index (κ3) is 8.55. The molecule has 0 aliphatic rings. The predicted molar refractivity (Wildman–Crippen MR) is 150 cm³/mol. The van der Waals surface area contributed by atoms with Gasteiger partial charge in [-0.1, -0.05) is 36.4 Å². The van der Waals surface area contributed by atoms with E-state index in [0.717, 1.165) is 0 Å². The number of ether oxygens (including phenoxy) is 3. The van der Waals surface area contributed by atoms with Gasteiger partial charge in [-0.15, -0.1) is 0 Å². The zero-order chi connectivity index (χ0) is 29.3. The van der Waals surface area contributed by atoms with E-state index < -0.39 is 43.7 Å². The maximum absolute atomic E-state index is 12.2. The molecule has 13 heteroatoms. The van der Waals surface area contributed by atoms with Gasteiger partial charge in [-0.3, -0.25) is 10.6 Å². The number of hydrogen-bond acceptors (Lipinski definition) is 9. The van der Waals surface area contributed by atoms with Crippen LogP contribution in [0.2, 0.25) is 0 Å². The third-order valence-electron chi connectivity index (χ3n) is 5.33. The molecule has 0 spiro atoms. The van der Waals surface area contributed by atoms with E-state index in [1.165, 1.54) is 48.5 Å². The minimum Gasteiger partial charge on any atom is -0.457 e. The molecule has 0 aliphatic carbocycles. The molecule has 0 atom stereocenters. The molecule has 11 nitrogen and oxygen atoms in total. The fourth-order valence-corrected chi connectivity index (χ4v) is 5.25. The second-order valence-corrected chi connectivity index (χ2v) is 12.2. The van der Waals surface area contributed by atoms with E-state index >= 15 is 0 Å². The lowest BCUT2D eigenvalue weighted by atomic mass is 10.3. The number of carbonyl (C=O) groups excluding carboxylic acids is 2. The van der Waals surface area contributed by atoms with Crippen LogP contribution in [-0.2, 0) is 29.1 Å². The minimum absolute atomic E-state index is 0.0485. The van der Waals surface area contributed by atoms with E-state index in [1.807, 2.05) is 0 Å². The number of rotatable bonds is 10. The van der Waals surface area contributed by atoms with E-state index in [2.05, 4.69) is 10.6 Å². The molecule has 2 N–H and O–H groups in total. The van der Waals surface area contributed by atoms with Crippen molar-refractivity contribution in [2.75, 3.05) is 22.5 Å². The van der Waals surface area contributed by atoms with Crippen molar-refractivity contribution >= 4 is 43.2 Å². The zero-order valence-corrected chi connectivity index (χ0v) is 22.9. The Bertz CT molecular complexity index is 1570. The SMILES string of the molecule is O=C(Nc1ccc(Oc2ccc(NC(=O)OCS(=O)(=O)c3ccccc3)cc2)cc1)OCS(=O)(=O)c1ccccc1. The molecule has 4 aromatic carbocycles. The highest BCUT2D eigenvalue weighted by molar-refractivity contribution is 7.91. The van der Waals surface area contributed by atoms with Crippen molar-refractivity contribution in [3.05, 3.63) is 109 Å².